The van der Waals surface area contributed by atoms with Crippen molar-refractivity contribution >= 4 is 119 Å². The fourth-order valence-electron chi connectivity index (χ4n) is 11.0. The lowest BCUT2D eigenvalue weighted by molar-refractivity contribution is 0.673. The second-order valence-corrected chi connectivity index (χ2v) is 18.3. The fourth-order valence-corrected chi connectivity index (χ4v) is 12.1. The van der Waals surface area contributed by atoms with Crippen LogP contribution in [0.5, 0.6) is 0 Å². The van der Waals surface area contributed by atoms with Crippen LogP contribution in [0, 0.1) is 0 Å². The van der Waals surface area contributed by atoms with Crippen LogP contribution in [-0.4, -0.2) is 13.7 Å². The lowest BCUT2D eigenvalue weighted by Gasteiger charge is -2.11. The molecule has 15 rings (SSSR count). The first-order chi connectivity index (χ1) is 32.2. The summed E-state index contributed by atoms with van der Waals surface area (Å²) in [6.07, 6.45) is 0. The summed E-state index contributed by atoms with van der Waals surface area (Å²) < 4.78 is 16.7. The number of hydrogen-bond acceptors (Lipinski definition) is 2. The summed E-state index contributed by atoms with van der Waals surface area (Å²) in [7, 11) is 0. The molecule has 0 saturated carbocycles. The molecular formula is C60H35N3OS. The molecule has 0 spiro atoms. The van der Waals surface area contributed by atoms with Crippen LogP contribution in [0.1, 0.15) is 0 Å². The lowest BCUT2D eigenvalue weighted by atomic mass is 10.0. The Labute approximate surface area is 375 Å². The molecule has 0 N–H and O–H groups in total. The quantitative estimate of drug-likeness (QED) is 0.173. The average Bonchev–Trinajstić information content (AvgIpc) is 4.17. The number of hydrogen-bond donors (Lipinski definition) is 0. The Balaban J connectivity index is 0.873. The third-order valence-electron chi connectivity index (χ3n) is 13.8. The number of furan rings is 1. The van der Waals surface area contributed by atoms with E-state index in [1.807, 2.05) is 11.3 Å². The molecule has 0 amide bonds. The van der Waals surface area contributed by atoms with Crippen molar-refractivity contribution in [3.05, 3.63) is 212 Å². The Hall–Kier alpha value is -8.38. The van der Waals surface area contributed by atoms with Gasteiger partial charge in [-0.2, -0.15) is 0 Å². The van der Waals surface area contributed by atoms with E-state index in [1.54, 1.807) is 0 Å². The van der Waals surface area contributed by atoms with Gasteiger partial charge in [-0.05, 0) is 114 Å². The van der Waals surface area contributed by atoms with Crippen LogP contribution >= 0.6 is 11.3 Å². The number of nitrogens with zero attached hydrogens (tertiary/aromatic N) is 3. The molecule has 10 aromatic carbocycles. The maximum absolute atomic E-state index is 6.88. The third-order valence-corrected chi connectivity index (χ3v) is 15.0. The molecule has 0 bridgehead atoms. The zero-order chi connectivity index (χ0) is 42.3. The van der Waals surface area contributed by atoms with E-state index in [0.717, 1.165) is 49.7 Å². The van der Waals surface area contributed by atoms with Gasteiger partial charge in [0.15, 0.2) is 0 Å². The van der Waals surface area contributed by atoms with Gasteiger partial charge >= 0.3 is 0 Å². The van der Waals surface area contributed by atoms with E-state index < -0.39 is 0 Å². The van der Waals surface area contributed by atoms with Crippen LogP contribution in [0.4, 0.5) is 0 Å². The maximum atomic E-state index is 6.88. The molecule has 5 heteroatoms. The predicted molar refractivity (Wildman–Crippen MR) is 275 cm³/mol. The van der Waals surface area contributed by atoms with E-state index in [-0.39, 0.29) is 0 Å². The SMILES string of the molecule is c1cc(-c2ccc3sc4ccc(-n5c6ccccc6c6ccccc65)cc4c3c2)cc(-n2c3ccccc3c3c4oc5ccc(-n6c7ccccc7c7ccccc76)cc5c4ccc32)c1. The molecule has 0 radical (unpaired) electrons. The highest BCUT2D eigenvalue weighted by Gasteiger charge is 2.21. The van der Waals surface area contributed by atoms with Crippen molar-refractivity contribution in [2.24, 2.45) is 0 Å². The van der Waals surface area contributed by atoms with E-state index in [0.29, 0.717) is 0 Å². The van der Waals surface area contributed by atoms with Gasteiger partial charge in [0.05, 0.1) is 38.5 Å². The van der Waals surface area contributed by atoms with Gasteiger partial charge in [-0.3, -0.25) is 0 Å². The molecule has 5 aromatic heterocycles. The fraction of sp³-hybridized carbons (Fsp3) is 0. The Kier molecular flexibility index (Phi) is 7.07. The van der Waals surface area contributed by atoms with Crippen LogP contribution in [-0.2, 0) is 0 Å². The van der Waals surface area contributed by atoms with Crippen molar-refractivity contribution in [3.8, 4) is 28.2 Å². The Morgan fingerprint density at radius 2 is 0.769 bits per heavy atom. The largest absolute Gasteiger partial charge is 0.455 e. The molecule has 5 heterocycles. The van der Waals surface area contributed by atoms with Gasteiger partial charge in [-0.15, -0.1) is 11.3 Å². The first kappa shape index (κ1) is 35.1. The summed E-state index contributed by atoms with van der Waals surface area (Å²) in [4.78, 5) is 0. The van der Waals surface area contributed by atoms with Gasteiger partial charge in [0.25, 0.3) is 0 Å². The van der Waals surface area contributed by atoms with Crippen molar-refractivity contribution in [2.75, 3.05) is 0 Å². The van der Waals surface area contributed by atoms with E-state index in [1.165, 1.54) is 86.0 Å². The van der Waals surface area contributed by atoms with Crippen molar-refractivity contribution in [2.45, 2.75) is 0 Å². The highest BCUT2D eigenvalue weighted by atomic mass is 32.1. The molecule has 4 nitrogen and oxygen atoms in total. The van der Waals surface area contributed by atoms with Gasteiger partial charge in [0, 0.05) is 74.9 Å². The minimum atomic E-state index is 0.884. The van der Waals surface area contributed by atoms with E-state index in [2.05, 4.69) is 226 Å². The summed E-state index contributed by atoms with van der Waals surface area (Å²) in [6.45, 7) is 0. The van der Waals surface area contributed by atoms with Crippen molar-refractivity contribution < 1.29 is 4.42 Å². The summed E-state index contributed by atoms with van der Waals surface area (Å²) in [5, 5.41) is 12.1. The van der Waals surface area contributed by atoms with E-state index in [9.17, 15) is 0 Å². The van der Waals surface area contributed by atoms with Gasteiger partial charge in [-0.25, -0.2) is 0 Å². The number of thiophene rings is 1. The summed E-state index contributed by atoms with van der Waals surface area (Å²) in [5.74, 6) is 0. The summed E-state index contributed by atoms with van der Waals surface area (Å²) >= 11 is 1.86. The normalized spacial score (nSPS) is 12.3. The predicted octanol–water partition coefficient (Wildman–Crippen LogP) is 16.9. The van der Waals surface area contributed by atoms with E-state index in [4.69, 9.17) is 4.42 Å². The van der Waals surface area contributed by atoms with Crippen LogP contribution in [0.15, 0.2) is 217 Å². The number of fused-ring (bicyclic) bond motifs is 16. The zero-order valence-electron chi connectivity index (χ0n) is 34.9. The molecule has 0 unspecified atom stereocenters. The van der Waals surface area contributed by atoms with Crippen LogP contribution in [0.2, 0.25) is 0 Å². The van der Waals surface area contributed by atoms with E-state index >= 15 is 0 Å². The molecule has 0 aliphatic heterocycles. The number of aromatic nitrogens is 3. The molecular weight excluding hydrogens is 811 g/mol. The van der Waals surface area contributed by atoms with Crippen LogP contribution in [0.3, 0.4) is 0 Å². The second kappa shape index (κ2) is 13.1. The zero-order valence-corrected chi connectivity index (χ0v) is 35.7. The first-order valence-electron chi connectivity index (χ1n) is 22.2. The average molecular weight is 846 g/mol. The Morgan fingerprint density at radius 1 is 0.292 bits per heavy atom. The molecule has 0 saturated heterocycles. The van der Waals surface area contributed by atoms with Gasteiger partial charge in [-0.1, -0.05) is 109 Å². The molecule has 65 heavy (non-hydrogen) atoms. The highest BCUT2D eigenvalue weighted by molar-refractivity contribution is 7.25. The minimum absolute atomic E-state index is 0.884. The first-order valence-corrected chi connectivity index (χ1v) is 23.0. The van der Waals surface area contributed by atoms with Gasteiger partial charge < -0.3 is 18.1 Å². The van der Waals surface area contributed by atoms with Crippen molar-refractivity contribution in [1.29, 1.82) is 0 Å². The van der Waals surface area contributed by atoms with Crippen LogP contribution < -0.4 is 0 Å². The summed E-state index contributed by atoms with van der Waals surface area (Å²) in [6, 6.07) is 77.7. The lowest BCUT2D eigenvalue weighted by Crippen LogP contribution is -1.94. The number of para-hydroxylation sites is 5. The van der Waals surface area contributed by atoms with Gasteiger partial charge in [0.2, 0.25) is 0 Å². The third kappa shape index (κ3) is 4.90. The molecule has 0 fully saturated rings. The molecule has 0 aliphatic carbocycles. The second-order valence-electron chi connectivity index (χ2n) is 17.3. The summed E-state index contributed by atoms with van der Waals surface area (Å²) in [5.41, 5.74) is 14.7. The van der Waals surface area contributed by atoms with Crippen LogP contribution in [0.25, 0.3) is 136 Å². The molecule has 302 valence electrons. The Bertz CT molecular complexity index is 4390. The van der Waals surface area contributed by atoms with Crippen molar-refractivity contribution in [1.82, 2.24) is 13.7 Å². The van der Waals surface area contributed by atoms with Crippen molar-refractivity contribution in [3.63, 3.8) is 0 Å². The smallest absolute Gasteiger partial charge is 0.145 e. The standard InChI is InChI=1S/C60H35N3OS/c1-6-19-50-41(14-1)42-15-2-7-20-51(42)61(50)39-25-29-56-47(34-39)45-27-28-55-59(60(45)64-56)46-18-5-10-23-54(46)63(55)38-13-11-12-36(32-38)37-24-30-57-48(33-37)49-35-40(26-31-58(49)65-57)62-52-21-8-3-16-43(52)44-17-4-9-22-53(44)62/h1-35H. The number of benzene rings is 10. The highest BCUT2D eigenvalue weighted by Crippen LogP contribution is 2.44. The Morgan fingerprint density at radius 3 is 1.40 bits per heavy atom. The molecule has 0 aliphatic rings. The number of rotatable bonds is 4. The molecule has 15 aromatic rings. The maximum Gasteiger partial charge on any atom is 0.145 e. The topological polar surface area (TPSA) is 27.9 Å². The minimum Gasteiger partial charge on any atom is -0.455 e. The molecule has 0 atom stereocenters. The van der Waals surface area contributed by atoms with Gasteiger partial charge in [0.1, 0.15) is 11.2 Å². The monoisotopic (exact) mass is 845 g/mol.